The molecule has 0 fully saturated rings. The van der Waals surface area contributed by atoms with E-state index in [1.807, 2.05) is 0 Å². The number of aromatic hydroxyl groups is 1. The van der Waals surface area contributed by atoms with Crippen molar-refractivity contribution in [3.05, 3.63) is 24.3 Å². The minimum Gasteiger partial charge on any atom is -0.506 e. The van der Waals surface area contributed by atoms with E-state index in [1.54, 1.807) is 18.2 Å². The Morgan fingerprint density at radius 1 is 1.33 bits per heavy atom. The second-order valence-corrected chi connectivity index (χ2v) is 1.97. The smallest absolute Gasteiger partial charge is 0.157 e. The van der Waals surface area contributed by atoms with Crippen molar-refractivity contribution in [3.8, 4) is 5.75 Å². The van der Waals surface area contributed by atoms with Gasteiger partial charge in [-0.25, -0.2) is 0 Å². The molecule has 0 aliphatic carbocycles. The van der Waals surface area contributed by atoms with E-state index in [-0.39, 0.29) is 5.75 Å². The van der Waals surface area contributed by atoms with Gasteiger partial charge in [-0.15, -0.1) is 10.2 Å². The number of phenolic OH excluding ortho intramolecular Hbond substituents is 1. The van der Waals surface area contributed by atoms with Crippen LogP contribution in [0.5, 0.6) is 5.75 Å². The first-order chi connectivity index (χ1) is 5.84. The third kappa shape index (κ3) is 2.05. The minimum atomic E-state index is 0.0756. The topological polar surface area (TPSA) is 83.3 Å². The van der Waals surface area contributed by atoms with Gasteiger partial charge in [-0.3, -0.25) is 0 Å². The summed E-state index contributed by atoms with van der Waals surface area (Å²) in [7, 11) is 0. The summed E-state index contributed by atoms with van der Waals surface area (Å²) in [6, 6.07) is 6.59. The van der Waals surface area contributed by atoms with Gasteiger partial charge in [0.25, 0.3) is 0 Å². The Kier molecular flexibility index (Phi) is 2.78. The molecular formula is C7H8N4O. The third-order valence-corrected chi connectivity index (χ3v) is 1.17. The molecule has 0 amide bonds. The van der Waals surface area contributed by atoms with Crippen molar-refractivity contribution in [2.24, 2.45) is 21.2 Å². The standard InChI is InChI=1S/C7H8N4O/c8-9-5-10-11-6-3-1-2-4-7(6)12/h1-5,12H,8H2. The molecule has 0 unspecified atom stereocenters. The monoisotopic (exact) mass is 164 g/mol. The lowest BCUT2D eigenvalue weighted by Crippen LogP contribution is -1.77. The highest BCUT2D eigenvalue weighted by Gasteiger charge is 1.94. The Labute approximate surface area is 69.2 Å². The van der Waals surface area contributed by atoms with Crippen molar-refractivity contribution in [1.82, 2.24) is 0 Å². The molecule has 0 aromatic heterocycles. The summed E-state index contributed by atoms with van der Waals surface area (Å²) in [6.07, 6.45) is 1.09. The van der Waals surface area contributed by atoms with Gasteiger partial charge in [0.1, 0.15) is 11.4 Å². The average molecular weight is 164 g/mol. The molecule has 12 heavy (non-hydrogen) atoms. The number of hydrazone groups is 1. The fourth-order valence-electron chi connectivity index (χ4n) is 0.667. The van der Waals surface area contributed by atoms with Crippen LogP contribution in [0.1, 0.15) is 0 Å². The van der Waals surface area contributed by atoms with Crippen LogP contribution in [0.2, 0.25) is 0 Å². The number of rotatable bonds is 2. The molecule has 0 heterocycles. The summed E-state index contributed by atoms with van der Waals surface area (Å²) in [5, 5.41) is 19.4. The first-order valence-corrected chi connectivity index (χ1v) is 3.25. The summed E-state index contributed by atoms with van der Waals surface area (Å²) in [6.45, 7) is 0. The number of nitrogens with zero attached hydrogens (tertiary/aromatic N) is 3. The number of hydrogen-bond acceptors (Lipinski definition) is 4. The van der Waals surface area contributed by atoms with Crippen LogP contribution in [-0.4, -0.2) is 11.4 Å². The van der Waals surface area contributed by atoms with Gasteiger partial charge in [0.05, 0.1) is 0 Å². The zero-order valence-electron chi connectivity index (χ0n) is 6.25. The van der Waals surface area contributed by atoms with E-state index in [0.717, 1.165) is 6.34 Å². The number of benzene rings is 1. The van der Waals surface area contributed by atoms with Crippen LogP contribution in [0.25, 0.3) is 0 Å². The predicted octanol–water partition coefficient (Wildman–Crippen LogP) is 1.38. The Hall–Kier alpha value is -1.91. The van der Waals surface area contributed by atoms with Crippen molar-refractivity contribution in [3.63, 3.8) is 0 Å². The Morgan fingerprint density at radius 3 is 2.75 bits per heavy atom. The highest BCUT2D eigenvalue weighted by Crippen LogP contribution is 2.24. The van der Waals surface area contributed by atoms with Gasteiger partial charge in [0.15, 0.2) is 6.34 Å². The van der Waals surface area contributed by atoms with Crippen LogP contribution in [0.15, 0.2) is 39.6 Å². The van der Waals surface area contributed by atoms with Gasteiger partial charge in [0.2, 0.25) is 0 Å². The number of para-hydroxylation sites is 1. The normalized spacial score (nSPS) is 11.3. The van der Waals surface area contributed by atoms with E-state index in [2.05, 4.69) is 15.3 Å². The zero-order chi connectivity index (χ0) is 8.81. The van der Waals surface area contributed by atoms with E-state index >= 15 is 0 Å². The molecule has 5 nitrogen and oxygen atoms in total. The molecule has 0 spiro atoms. The van der Waals surface area contributed by atoms with Gasteiger partial charge in [-0.1, -0.05) is 12.1 Å². The van der Waals surface area contributed by atoms with Crippen molar-refractivity contribution in [2.45, 2.75) is 0 Å². The summed E-state index contributed by atoms with van der Waals surface area (Å²) in [5.41, 5.74) is 0.386. The van der Waals surface area contributed by atoms with Crippen LogP contribution >= 0.6 is 0 Å². The lowest BCUT2D eigenvalue weighted by atomic mass is 10.3. The van der Waals surface area contributed by atoms with Crippen molar-refractivity contribution in [1.29, 1.82) is 0 Å². The Bertz CT molecular complexity index is 308. The Morgan fingerprint density at radius 2 is 2.08 bits per heavy atom. The molecule has 0 aliphatic rings. The number of azo groups is 1. The van der Waals surface area contributed by atoms with E-state index in [4.69, 9.17) is 5.84 Å². The third-order valence-electron chi connectivity index (χ3n) is 1.17. The van der Waals surface area contributed by atoms with Crippen LogP contribution in [0, 0.1) is 0 Å². The first kappa shape index (κ1) is 8.19. The van der Waals surface area contributed by atoms with E-state index < -0.39 is 0 Å². The molecular weight excluding hydrogens is 156 g/mol. The van der Waals surface area contributed by atoms with Crippen LogP contribution in [0.4, 0.5) is 5.69 Å². The summed E-state index contributed by atoms with van der Waals surface area (Å²) >= 11 is 0. The minimum absolute atomic E-state index is 0.0756. The molecule has 0 radical (unpaired) electrons. The van der Waals surface area contributed by atoms with Crippen molar-refractivity contribution in [2.75, 3.05) is 0 Å². The molecule has 5 heteroatoms. The predicted molar refractivity (Wildman–Crippen MR) is 45.3 cm³/mol. The number of hydrogen-bond donors (Lipinski definition) is 2. The van der Waals surface area contributed by atoms with E-state index in [9.17, 15) is 5.11 Å². The molecule has 1 aromatic carbocycles. The maximum Gasteiger partial charge on any atom is 0.157 e. The lowest BCUT2D eigenvalue weighted by molar-refractivity contribution is 0.476. The van der Waals surface area contributed by atoms with Gasteiger partial charge >= 0.3 is 0 Å². The molecule has 3 N–H and O–H groups in total. The highest BCUT2D eigenvalue weighted by atomic mass is 16.3. The summed E-state index contributed by atoms with van der Waals surface area (Å²) in [5.74, 6) is 4.86. The maximum atomic E-state index is 9.18. The molecule has 0 aliphatic heterocycles. The van der Waals surface area contributed by atoms with Crippen LogP contribution in [-0.2, 0) is 0 Å². The fourth-order valence-corrected chi connectivity index (χ4v) is 0.667. The molecule has 0 saturated carbocycles. The summed E-state index contributed by atoms with van der Waals surface area (Å²) in [4.78, 5) is 0. The fraction of sp³-hybridized carbons (Fsp3) is 0. The first-order valence-electron chi connectivity index (χ1n) is 3.25. The Balaban J connectivity index is 2.82. The van der Waals surface area contributed by atoms with Crippen molar-refractivity contribution >= 4 is 12.0 Å². The molecule has 1 rings (SSSR count). The second-order valence-electron chi connectivity index (χ2n) is 1.97. The molecule has 0 saturated heterocycles. The van der Waals surface area contributed by atoms with E-state index in [1.165, 1.54) is 6.07 Å². The average Bonchev–Trinajstić information content (AvgIpc) is 2.09. The van der Waals surface area contributed by atoms with Crippen LogP contribution in [0.3, 0.4) is 0 Å². The number of phenols is 1. The van der Waals surface area contributed by atoms with E-state index in [0.29, 0.717) is 5.69 Å². The van der Waals surface area contributed by atoms with Gasteiger partial charge in [0, 0.05) is 0 Å². The van der Waals surface area contributed by atoms with Gasteiger partial charge < -0.3 is 10.9 Å². The SMILES string of the molecule is NN=CN=Nc1ccccc1O. The molecule has 0 bridgehead atoms. The van der Waals surface area contributed by atoms with Gasteiger partial charge in [-0.2, -0.15) is 5.10 Å². The van der Waals surface area contributed by atoms with Gasteiger partial charge in [-0.05, 0) is 12.1 Å². The quantitative estimate of drug-likeness (QED) is 0.227. The maximum absolute atomic E-state index is 9.18. The van der Waals surface area contributed by atoms with Crippen LogP contribution < -0.4 is 5.84 Å². The zero-order valence-corrected chi connectivity index (χ0v) is 6.25. The second kappa shape index (κ2) is 4.07. The summed E-state index contributed by atoms with van der Waals surface area (Å²) < 4.78 is 0. The van der Waals surface area contributed by atoms with Crippen molar-refractivity contribution < 1.29 is 5.11 Å². The molecule has 62 valence electrons. The molecule has 1 aromatic rings. The number of nitrogens with two attached hydrogens (primary N) is 1. The lowest BCUT2D eigenvalue weighted by Gasteiger charge is -1.93. The largest absolute Gasteiger partial charge is 0.506 e. The molecule has 0 atom stereocenters. The highest BCUT2D eigenvalue weighted by molar-refractivity contribution is 5.56.